The number of hydrogen-bond donors (Lipinski definition) is 4. The minimum absolute atomic E-state index is 0.161. The van der Waals surface area contributed by atoms with E-state index in [1.165, 1.54) is 0 Å². The van der Waals surface area contributed by atoms with Gasteiger partial charge in [-0.05, 0) is 18.2 Å². The van der Waals surface area contributed by atoms with Gasteiger partial charge in [-0.1, -0.05) is 18.2 Å². The lowest BCUT2D eigenvalue weighted by Gasteiger charge is -2.02. The van der Waals surface area contributed by atoms with Crippen molar-refractivity contribution >= 4 is 12.1 Å². The van der Waals surface area contributed by atoms with Gasteiger partial charge in [0.25, 0.3) is 5.91 Å². The van der Waals surface area contributed by atoms with Gasteiger partial charge in [0.05, 0.1) is 6.21 Å². The zero-order chi connectivity index (χ0) is 14.5. The molecule has 0 spiro atoms. The first kappa shape index (κ1) is 13.4. The summed E-state index contributed by atoms with van der Waals surface area (Å²) in [5.41, 5.74) is 2.89. The number of aromatic hydroxyl groups is 3. The largest absolute Gasteiger partial charge is 0.507 e. The summed E-state index contributed by atoms with van der Waals surface area (Å²) in [5.74, 6) is -1.49. The van der Waals surface area contributed by atoms with Gasteiger partial charge in [0.2, 0.25) is 0 Å². The minimum atomic E-state index is -0.437. The molecule has 1 amide bonds. The van der Waals surface area contributed by atoms with E-state index in [1.807, 2.05) is 0 Å². The Bertz CT molecular complexity index is 654. The first-order valence-corrected chi connectivity index (χ1v) is 5.71. The highest BCUT2D eigenvalue weighted by Gasteiger charge is 2.06. The third-order valence-electron chi connectivity index (χ3n) is 2.53. The molecule has 2 aromatic rings. The predicted octanol–water partition coefficient (Wildman–Crippen LogP) is 1.57. The summed E-state index contributed by atoms with van der Waals surface area (Å²) in [6.45, 7) is 0. The Kier molecular flexibility index (Phi) is 3.85. The molecule has 0 aliphatic heterocycles. The number of phenols is 3. The van der Waals surface area contributed by atoms with Crippen LogP contribution in [-0.2, 0) is 0 Å². The van der Waals surface area contributed by atoms with Crippen LogP contribution in [0.3, 0.4) is 0 Å². The van der Waals surface area contributed by atoms with Crippen LogP contribution >= 0.6 is 0 Å². The average Bonchev–Trinajstić information content (AvgIpc) is 2.45. The van der Waals surface area contributed by atoms with Gasteiger partial charge < -0.3 is 15.3 Å². The first-order chi connectivity index (χ1) is 9.58. The molecule has 0 fully saturated rings. The van der Waals surface area contributed by atoms with E-state index < -0.39 is 17.4 Å². The van der Waals surface area contributed by atoms with Gasteiger partial charge in [0.1, 0.15) is 5.75 Å². The Labute approximate surface area is 114 Å². The topological polar surface area (TPSA) is 102 Å². The van der Waals surface area contributed by atoms with Crippen molar-refractivity contribution in [3.63, 3.8) is 0 Å². The Morgan fingerprint density at radius 2 is 1.65 bits per heavy atom. The van der Waals surface area contributed by atoms with Gasteiger partial charge in [-0.2, -0.15) is 5.10 Å². The van der Waals surface area contributed by atoms with E-state index in [0.717, 1.165) is 18.3 Å². The zero-order valence-corrected chi connectivity index (χ0v) is 10.3. The summed E-state index contributed by atoms with van der Waals surface area (Å²) in [6, 6.07) is 10.6. The molecule has 2 aromatic carbocycles. The number of phenolic OH excluding ortho intramolecular Hbond substituents is 3. The molecule has 6 nitrogen and oxygen atoms in total. The van der Waals surface area contributed by atoms with Crippen LogP contribution in [0, 0.1) is 0 Å². The molecular weight excluding hydrogens is 260 g/mol. The number of amides is 1. The molecule has 4 N–H and O–H groups in total. The van der Waals surface area contributed by atoms with Crippen LogP contribution in [0.1, 0.15) is 15.9 Å². The summed E-state index contributed by atoms with van der Waals surface area (Å²) in [7, 11) is 0. The Morgan fingerprint density at radius 3 is 2.35 bits per heavy atom. The fraction of sp³-hybridized carbons (Fsp3) is 0. The van der Waals surface area contributed by atoms with Gasteiger partial charge in [-0.3, -0.25) is 4.79 Å². The van der Waals surface area contributed by atoms with E-state index in [2.05, 4.69) is 10.5 Å². The van der Waals surface area contributed by atoms with E-state index >= 15 is 0 Å². The summed E-state index contributed by atoms with van der Waals surface area (Å²) in [6.07, 6.45) is 1.16. The molecule has 0 heterocycles. The smallest absolute Gasteiger partial charge is 0.271 e. The zero-order valence-electron chi connectivity index (χ0n) is 10.3. The maximum Gasteiger partial charge on any atom is 0.271 e. The van der Waals surface area contributed by atoms with Crippen LogP contribution in [0.5, 0.6) is 17.2 Å². The average molecular weight is 272 g/mol. The maximum absolute atomic E-state index is 11.7. The molecule has 20 heavy (non-hydrogen) atoms. The Hall–Kier alpha value is -3.02. The molecule has 2 rings (SSSR count). The molecule has 0 radical (unpaired) electrons. The van der Waals surface area contributed by atoms with E-state index in [1.54, 1.807) is 30.3 Å². The molecule has 0 aliphatic carbocycles. The van der Waals surface area contributed by atoms with Crippen LogP contribution in [0.25, 0.3) is 0 Å². The lowest BCUT2D eigenvalue weighted by Crippen LogP contribution is -2.17. The maximum atomic E-state index is 11.7. The molecule has 0 unspecified atom stereocenters. The molecule has 6 heteroatoms. The molecule has 0 atom stereocenters. The van der Waals surface area contributed by atoms with Gasteiger partial charge in [-0.25, -0.2) is 5.43 Å². The molecule has 102 valence electrons. The van der Waals surface area contributed by atoms with Crippen molar-refractivity contribution in [1.29, 1.82) is 0 Å². The number of hydrazone groups is 1. The van der Waals surface area contributed by atoms with Gasteiger partial charge >= 0.3 is 0 Å². The number of carbonyl (C=O) groups excluding carboxylic acids is 1. The third-order valence-corrected chi connectivity index (χ3v) is 2.53. The normalized spacial score (nSPS) is 10.6. The third kappa shape index (κ3) is 3.05. The summed E-state index contributed by atoms with van der Waals surface area (Å²) < 4.78 is 0. The second-order valence-corrected chi connectivity index (χ2v) is 3.96. The van der Waals surface area contributed by atoms with Crippen molar-refractivity contribution in [2.75, 3.05) is 0 Å². The van der Waals surface area contributed by atoms with Gasteiger partial charge in [0, 0.05) is 17.2 Å². The van der Waals surface area contributed by atoms with Crippen LogP contribution in [0.4, 0.5) is 0 Å². The number of benzene rings is 2. The molecule has 0 aliphatic rings. The number of nitrogens with zero attached hydrogens (tertiary/aromatic N) is 1. The number of nitrogens with one attached hydrogen (secondary N) is 1. The number of carbonyl (C=O) groups is 1. The summed E-state index contributed by atoms with van der Waals surface area (Å²) >= 11 is 0. The summed E-state index contributed by atoms with van der Waals surface area (Å²) in [4.78, 5) is 11.7. The minimum Gasteiger partial charge on any atom is -0.507 e. The van der Waals surface area contributed by atoms with Crippen molar-refractivity contribution in [3.8, 4) is 17.2 Å². The fourth-order valence-corrected chi connectivity index (χ4v) is 1.50. The summed E-state index contributed by atoms with van der Waals surface area (Å²) in [5, 5.41) is 31.7. The lowest BCUT2D eigenvalue weighted by atomic mass is 10.2. The molecule has 0 bridgehead atoms. The predicted molar refractivity (Wildman–Crippen MR) is 72.9 cm³/mol. The molecular formula is C14H12N2O4. The van der Waals surface area contributed by atoms with Crippen LogP contribution < -0.4 is 5.43 Å². The quantitative estimate of drug-likeness (QED) is 0.295. The van der Waals surface area contributed by atoms with Crippen molar-refractivity contribution < 1.29 is 20.1 Å². The number of rotatable bonds is 3. The van der Waals surface area contributed by atoms with Crippen molar-refractivity contribution in [2.24, 2.45) is 5.10 Å². The van der Waals surface area contributed by atoms with Crippen LogP contribution in [0.2, 0.25) is 0 Å². The van der Waals surface area contributed by atoms with Crippen molar-refractivity contribution in [2.45, 2.75) is 0 Å². The lowest BCUT2D eigenvalue weighted by molar-refractivity contribution is 0.0955. The van der Waals surface area contributed by atoms with Crippen molar-refractivity contribution in [3.05, 3.63) is 53.6 Å². The fourth-order valence-electron chi connectivity index (χ4n) is 1.50. The first-order valence-electron chi connectivity index (χ1n) is 5.71. The molecule has 0 saturated carbocycles. The van der Waals surface area contributed by atoms with E-state index in [-0.39, 0.29) is 11.3 Å². The second kappa shape index (κ2) is 5.75. The van der Waals surface area contributed by atoms with Crippen molar-refractivity contribution in [1.82, 2.24) is 5.43 Å². The standard InChI is InChI=1S/C14H12N2O4/c17-11-7-13(19)12(18)6-10(11)8-15-16-14(20)9-4-2-1-3-5-9/h1-8,17-19H,(H,16,20)/b15-8-. The SMILES string of the molecule is O=C(N/N=C\c1cc(O)c(O)cc1O)c1ccccc1. The monoisotopic (exact) mass is 272 g/mol. The highest BCUT2D eigenvalue weighted by molar-refractivity contribution is 5.95. The highest BCUT2D eigenvalue weighted by Crippen LogP contribution is 2.31. The number of hydrogen-bond acceptors (Lipinski definition) is 5. The molecule has 0 aromatic heterocycles. The second-order valence-electron chi connectivity index (χ2n) is 3.96. The van der Waals surface area contributed by atoms with E-state index in [0.29, 0.717) is 5.56 Å². The van der Waals surface area contributed by atoms with Crippen LogP contribution in [-0.4, -0.2) is 27.4 Å². The van der Waals surface area contributed by atoms with E-state index in [9.17, 15) is 15.0 Å². The van der Waals surface area contributed by atoms with E-state index in [4.69, 9.17) is 5.11 Å². The Morgan fingerprint density at radius 1 is 1.00 bits per heavy atom. The van der Waals surface area contributed by atoms with Gasteiger partial charge in [0.15, 0.2) is 11.5 Å². The van der Waals surface area contributed by atoms with Gasteiger partial charge in [-0.15, -0.1) is 0 Å². The van der Waals surface area contributed by atoms with Crippen LogP contribution in [0.15, 0.2) is 47.6 Å². The Balaban J connectivity index is 2.08. The highest BCUT2D eigenvalue weighted by atomic mass is 16.3. The molecule has 0 saturated heterocycles.